The molecule has 0 spiro atoms. The minimum absolute atomic E-state index is 0.413. The van der Waals surface area contributed by atoms with Crippen molar-refractivity contribution in [1.82, 2.24) is 0 Å². The van der Waals surface area contributed by atoms with Gasteiger partial charge in [0.2, 0.25) is 0 Å². The number of carbonyl (C=O) groups is 1. The fourth-order valence-electron chi connectivity index (χ4n) is 5.25. The molecule has 0 aromatic heterocycles. The standard InChI is InChI=1S/C18H22O/c1-18-9-8-14(19)11-13(18)6-7-16-15-5-3-2-4-12(15)10-17(16)18/h2-5,13,16-17H,6-11H2,1H3/t13-,16-,17-,18-/m0/s1. The van der Waals surface area contributed by atoms with Crippen LogP contribution in [0.4, 0.5) is 0 Å². The summed E-state index contributed by atoms with van der Waals surface area (Å²) in [5.74, 6) is 2.73. The van der Waals surface area contributed by atoms with E-state index in [1.54, 1.807) is 11.1 Å². The van der Waals surface area contributed by atoms with Gasteiger partial charge in [0.15, 0.2) is 0 Å². The maximum absolute atomic E-state index is 11.8. The number of fused-ring (bicyclic) bond motifs is 5. The lowest BCUT2D eigenvalue weighted by molar-refractivity contribution is -0.128. The summed E-state index contributed by atoms with van der Waals surface area (Å²) in [6.07, 6.45) is 6.63. The van der Waals surface area contributed by atoms with Gasteiger partial charge in [-0.05, 0) is 60.0 Å². The van der Waals surface area contributed by atoms with E-state index in [1.165, 1.54) is 19.3 Å². The van der Waals surface area contributed by atoms with E-state index in [9.17, 15) is 4.79 Å². The smallest absolute Gasteiger partial charge is 0.133 e. The molecule has 4 atom stereocenters. The van der Waals surface area contributed by atoms with Crippen LogP contribution in [0.25, 0.3) is 0 Å². The molecule has 1 aromatic carbocycles. The molecule has 0 heterocycles. The SMILES string of the molecule is C[C@]12CCC(=O)C[C@@H]1CC[C@H]1c3ccccc3C[C@@H]12. The third-order valence-electron chi connectivity index (χ3n) is 6.40. The van der Waals surface area contributed by atoms with Crippen molar-refractivity contribution >= 4 is 5.78 Å². The van der Waals surface area contributed by atoms with E-state index in [-0.39, 0.29) is 0 Å². The van der Waals surface area contributed by atoms with Gasteiger partial charge in [-0.1, -0.05) is 31.2 Å². The quantitative estimate of drug-likeness (QED) is 0.681. The summed E-state index contributed by atoms with van der Waals surface area (Å²) in [5.41, 5.74) is 3.61. The van der Waals surface area contributed by atoms with Crippen molar-refractivity contribution in [2.75, 3.05) is 0 Å². The topological polar surface area (TPSA) is 17.1 Å². The number of carbonyl (C=O) groups excluding carboxylic acids is 1. The Hall–Kier alpha value is -1.11. The molecule has 19 heavy (non-hydrogen) atoms. The van der Waals surface area contributed by atoms with Crippen molar-refractivity contribution in [1.29, 1.82) is 0 Å². The molecule has 0 N–H and O–H groups in total. The molecule has 1 heteroatoms. The number of Topliss-reactive ketones (excluding diaryl/α,β-unsaturated/α-hetero) is 1. The molecule has 2 fully saturated rings. The summed E-state index contributed by atoms with van der Waals surface area (Å²) >= 11 is 0. The van der Waals surface area contributed by atoms with E-state index in [2.05, 4.69) is 31.2 Å². The van der Waals surface area contributed by atoms with Gasteiger partial charge in [-0.3, -0.25) is 4.79 Å². The van der Waals surface area contributed by atoms with Crippen molar-refractivity contribution in [3.8, 4) is 0 Å². The van der Waals surface area contributed by atoms with Crippen LogP contribution in [0.15, 0.2) is 24.3 Å². The monoisotopic (exact) mass is 254 g/mol. The van der Waals surface area contributed by atoms with Gasteiger partial charge < -0.3 is 0 Å². The van der Waals surface area contributed by atoms with Crippen LogP contribution in [0.5, 0.6) is 0 Å². The highest BCUT2D eigenvalue weighted by molar-refractivity contribution is 5.79. The van der Waals surface area contributed by atoms with Crippen LogP contribution in [-0.2, 0) is 11.2 Å². The molecule has 0 unspecified atom stereocenters. The molecule has 3 aliphatic carbocycles. The first-order chi connectivity index (χ1) is 9.18. The molecule has 2 saturated carbocycles. The zero-order valence-corrected chi connectivity index (χ0v) is 11.7. The molecular weight excluding hydrogens is 232 g/mol. The van der Waals surface area contributed by atoms with E-state index >= 15 is 0 Å². The second kappa shape index (κ2) is 3.94. The Morgan fingerprint density at radius 3 is 2.89 bits per heavy atom. The molecule has 0 saturated heterocycles. The lowest BCUT2D eigenvalue weighted by Gasteiger charge is -2.51. The largest absolute Gasteiger partial charge is 0.300 e. The van der Waals surface area contributed by atoms with Gasteiger partial charge in [0.25, 0.3) is 0 Å². The van der Waals surface area contributed by atoms with Crippen LogP contribution in [0.1, 0.15) is 56.1 Å². The summed E-state index contributed by atoms with van der Waals surface area (Å²) in [6.45, 7) is 2.48. The maximum Gasteiger partial charge on any atom is 0.133 e. The molecule has 3 aliphatic rings. The van der Waals surface area contributed by atoms with E-state index in [4.69, 9.17) is 0 Å². The number of hydrogen-bond donors (Lipinski definition) is 0. The normalized spacial score (nSPS) is 40.5. The Kier molecular flexibility index (Phi) is 2.43. The highest BCUT2D eigenvalue weighted by atomic mass is 16.1. The molecule has 0 amide bonds. The first-order valence-corrected chi connectivity index (χ1v) is 7.78. The summed E-state index contributed by atoms with van der Waals surface area (Å²) in [5, 5.41) is 0. The average Bonchev–Trinajstić information content (AvgIpc) is 2.80. The second-order valence-electron chi connectivity index (χ2n) is 7.14. The number of rotatable bonds is 0. The Morgan fingerprint density at radius 2 is 2.00 bits per heavy atom. The van der Waals surface area contributed by atoms with Crippen LogP contribution in [0.2, 0.25) is 0 Å². The van der Waals surface area contributed by atoms with Crippen LogP contribution in [0.3, 0.4) is 0 Å². The molecule has 1 aromatic rings. The van der Waals surface area contributed by atoms with Crippen molar-refractivity contribution in [3.63, 3.8) is 0 Å². The number of ketones is 1. The molecule has 0 radical (unpaired) electrons. The summed E-state index contributed by atoms with van der Waals surface area (Å²) in [7, 11) is 0. The number of benzene rings is 1. The Labute approximate surface area is 115 Å². The highest BCUT2D eigenvalue weighted by Gasteiger charge is 2.52. The zero-order chi connectivity index (χ0) is 13.0. The third-order valence-corrected chi connectivity index (χ3v) is 6.40. The summed E-state index contributed by atoms with van der Waals surface area (Å²) < 4.78 is 0. The van der Waals surface area contributed by atoms with E-state index in [1.807, 2.05) is 0 Å². The maximum atomic E-state index is 11.8. The number of hydrogen-bond acceptors (Lipinski definition) is 1. The Balaban J connectivity index is 1.72. The first-order valence-electron chi connectivity index (χ1n) is 7.78. The molecular formula is C18H22O. The second-order valence-corrected chi connectivity index (χ2v) is 7.14. The highest BCUT2D eigenvalue weighted by Crippen LogP contribution is 2.60. The molecule has 0 aliphatic heterocycles. The van der Waals surface area contributed by atoms with Gasteiger partial charge in [-0.25, -0.2) is 0 Å². The summed E-state index contributed by atoms with van der Waals surface area (Å²) in [4.78, 5) is 11.8. The fraction of sp³-hybridized carbons (Fsp3) is 0.611. The lowest BCUT2D eigenvalue weighted by atomic mass is 9.53. The molecule has 4 rings (SSSR count). The van der Waals surface area contributed by atoms with Gasteiger partial charge in [-0.2, -0.15) is 0 Å². The van der Waals surface area contributed by atoms with Crippen LogP contribution in [-0.4, -0.2) is 5.78 Å². The van der Waals surface area contributed by atoms with E-state index in [0.717, 1.165) is 31.1 Å². The van der Waals surface area contributed by atoms with Crippen molar-refractivity contribution in [2.45, 2.75) is 51.4 Å². The average molecular weight is 254 g/mol. The molecule has 100 valence electrons. The third kappa shape index (κ3) is 1.57. The first kappa shape index (κ1) is 11.7. The lowest BCUT2D eigenvalue weighted by Crippen LogP contribution is -2.45. The Morgan fingerprint density at radius 1 is 1.16 bits per heavy atom. The van der Waals surface area contributed by atoms with Crippen LogP contribution in [0, 0.1) is 17.3 Å². The van der Waals surface area contributed by atoms with Gasteiger partial charge in [0, 0.05) is 12.8 Å². The minimum atomic E-state index is 0.413. The van der Waals surface area contributed by atoms with Gasteiger partial charge in [0.1, 0.15) is 5.78 Å². The van der Waals surface area contributed by atoms with E-state index < -0.39 is 0 Å². The van der Waals surface area contributed by atoms with Crippen molar-refractivity contribution in [3.05, 3.63) is 35.4 Å². The Bertz CT molecular complexity index is 532. The van der Waals surface area contributed by atoms with Crippen molar-refractivity contribution in [2.24, 2.45) is 17.3 Å². The summed E-state index contributed by atoms with van der Waals surface area (Å²) in [6, 6.07) is 9.04. The predicted octanol–water partition coefficient (Wildman–Crippen LogP) is 4.11. The van der Waals surface area contributed by atoms with Crippen LogP contribution >= 0.6 is 0 Å². The van der Waals surface area contributed by atoms with E-state index in [0.29, 0.717) is 17.1 Å². The fourth-order valence-corrected chi connectivity index (χ4v) is 5.25. The van der Waals surface area contributed by atoms with Gasteiger partial charge in [0.05, 0.1) is 0 Å². The van der Waals surface area contributed by atoms with Crippen molar-refractivity contribution < 1.29 is 4.79 Å². The molecule has 1 nitrogen and oxygen atoms in total. The van der Waals surface area contributed by atoms with Gasteiger partial charge >= 0.3 is 0 Å². The zero-order valence-electron chi connectivity index (χ0n) is 11.7. The minimum Gasteiger partial charge on any atom is -0.300 e. The molecule has 0 bridgehead atoms. The predicted molar refractivity (Wildman–Crippen MR) is 76.1 cm³/mol. The van der Waals surface area contributed by atoms with Crippen LogP contribution < -0.4 is 0 Å². The van der Waals surface area contributed by atoms with Gasteiger partial charge in [-0.15, -0.1) is 0 Å².